The molecule has 1 unspecified atom stereocenters. The van der Waals surface area contributed by atoms with Gasteiger partial charge in [0.15, 0.2) is 0 Å². The van der Waals surface area contributed by atoms with Crippen LogP contribution in [0.1, 0.15) is 13.3 Å². The standard InChI is InChI=1S/C9H20N2O4/c1-2-7(3-10)8(15)11-9(4-12,5-13)6-14/h7,12-14H,2-6,10H2,1H3,(H,11,15). The number of hydrogen-bond donors (Lipinski definition) is 5. The molecule has 0 aromatic carbocycles. The summed E-state index contributed by atoms with van der Waals surface area (Å²) >= 11 is 0. The first-order valence-corrected chi connectivity index (χ1v) is 4.93. The van der Waals surface area contributed by atoms with Gasteiger partial charge in [0.2, 0.25) is 5.91 Å². The van der Waals surface area contributed by atoms with E-state index in [1.54, 1.807) is 0 Å². The lowest BCUT2D eigenvalue weighted by Gasteiger charge is -2.30. The highest BCUT2D eigenvalue weighted by Crippen LogP contribution is 2.06. The maximum absolute atomic E-state index is 11.6. The summed E-state index contributed by atoms with van der Waals surface area (Å²) in [5.41, 5.74) is 4.02. The number of amides is 1. The first kappa shape index (κ1) is 14.3. The van der Waals surface area contributed by atoms with Crippen LogP contribution in [-0.4, -0.2) is 53.1 Å². The fourth-order valence-electron chi connectivity index (χ4n) is 1.09. The van der Waals surface area contributed by atoms with Gasteiger partial charge in [0, 0.05) is 12.5 Å². The summed E-state index contributed by atoms with van der Waals surface area (Å²) < 4.78 is 0. The quantitative estimate of drug-likeness (QED) is 0.334. The van der Waals surface area contributed by atoms with E-state index in [4.69, 9.17) is 21.1 Å². The third kappa shape index (κ3) is 3.75. The fourth-order valence-corrected chi connectivity index (χ4v) is 1.09. The minimum Gasteiger partial charge on any atom is -0.394 e. The molecule has 0 radical (unpaired) electrons. The summed E-state index contributed by atoms with van der Waals surface area (Å²) in [5, 5.41) is 29.4. The normalized spacial score (nSPS) is 13.7. The predicted octanol–water partition coefficient (Wildman–Crippen LogP) is -2.20. The number of nitrogens with one attached hydrogen (secondary N) is 1. The zero-order valence-electron chi connectivity index (χ0n) is 8.94. The van der Waals surface area contributed by atoms with Crippen molar-refractivity contribution in [3.8, 4) is 0 Å². The highest BCUT2D eigenvalue weighted by atomic mass is 16.3. The summed E-state index contributed by atoms with van der Waals surface area (Å²) in [7, 11) is 0. The molecule has 6 heteroatoms. The van der Waals surface area contributed by atoms with Gasteiger partial charge >= 0.3 is 0 Å². The monoisotopic (exact) mass is 220 g/mol. The van der Waals surface area contributed by atoms with E-state index in [1.165, 1.54) is 0 Å². The summed E-state index contributed by atoms with van der Waals surface area (Å²) in [6, 6.07) is 0. The van der Waals surface area contributed by atoms with Crippen molar-refractivity contribution in [2.45, 2.75) is 18.9 Å². The topological polar surface area (TPSA) is 116 Å². The molecule has 1 amide bonds. The van der Waals surface area contributed by atoms with Gasteiger partial charge in [-0.25, -0.2) is 0 Å². The Morgan fingerprint density at radius 2 is 1.80 bits per heavy atom. The maximum atomic E-state index is 11.6. The van der Waals surface area contributed by atoms with Gasteiger partial charge in [0.1, 0.15) is 5.54 Å². The van der Waals surface area contributed by atoms with Crippen molar-refractivity contribution in [3.63, 3.8) is 0 Å². The molecule has 0 aliphatic heterocycles. The van der Waals surface area contributed by atoms with Gasteiger partial charge in [-0.3, -0.25) is 4.79 Å². The van der Waals surface area contributed by atoms with E-state index in [2.05, 4.69) is 5.32 Å². The molecular formula is C9H20N2O4. The molecule has 1 atom stereocenters. The van der Waals surface area contributed by atoms with Crippen LogP contribution >= 0.6 is 0 Å². The Morgan fingerprint density at radius 1 is 1.33 bits per heavy atom. The van der Waals surface area contributed by atoms with Gasteiger partial charge in [-0.15, -0.1) is 0 Å². The van der Waals surface area contributed by atoms with Crippen molar-refractivity contribution in [1.29, 1.82) is 0 Å². The van der Waals surface area contributed by atoms with Crippen LogP contribution in [0, 0.1) is 5.92 Å². The van der Waals surface area contributed by atoms with Crippen LogP contribution in [0.3, 0.4) is 0 Å². The molecule has 0 rings (SSSR count). The zero-order chi connectivity index (χ0) is 11.9. The van der Waals surface area contributed by atoms with E-state index >= 15 is 0 Å². The molecule has 0 heterocycles. The van der Waals surface area contributed by atoms with Crippen LogP contribution in [0.5, 0.6) is 0 Å². The molecule has 0 saturated carbocycles. The number of nitrogens with two attached hydrogens (primary N) is 1. The lowest BCUT2D eigenvalue weighted by molar-refractivity contribution is -0.129. The minimum absolute atomic E-state index is 0.195. The van der Waals surface area contributed by atoms with Crippen LogP contribution in [-0.2, 0) is 4.79 Å². The Bertz CT molecular complexity index is 182. The second-order valence-corrected chi connectivity index (χ2v) is 3.58. The fraction of sp³-hybridized carbons (Fsp3) is 0.889. The molecule has 0 spiro atoms. The molecular weight excluding hydrogens is 200 g/mol. The van der Waals surface area contributed by atoms with Crippen molar-refractivity contribution in [2.75, 3.05) is 26.4 Å². The van der Waals surface area contributed by atoms with Gasteiger partial charge in [0.25, 0.3) is 0 Å². The molecule has 0 aromatic rings. The van der Waals surface area contributed by atoms with Crippen LogP contribution in [0.25, 0.3) is 0 Å². The number of aliphatic hydroxyl groups excluding tert-OH is 3. The summed E-state index contributed by atoms with van der Waals surface area (Å²) in [6.45, 7) is 0.447. The van der Waals surface area contributed by atoms with Crippen LogP contribution in [0.15, 0.2) is 0 Å². The first-order chi connectivity index (χ1) is 7.09. The summed E-state index contributed by atoms with van der Waals surface area (Å²) in [6.07, 6.45) is 0.570. The highest BCUT2D eigenvalue weighted by molar-refractivity contribution is 5.79. The van der Waals surface area contributed by atoms with Crippen molar-refractivity contribution < 1.29 is 20.1 Å². The third-order valence-corrected chi connectivity index (χ3v) is 2.44. The molecule has 90 valence electrons. The average Bonchev–Trinajstić information content (AvgIpc) is 2.28. The maximum Gasteiger partial charge on any atom is 0.225 e. The summed E-state index contributed by atoms with van der Waals surface area (Å²) in [4.78, 5) is 11.6. The number of aliphatic hydroxyl groups is 3. The van der Waals surface area contributed by atoms with Gasteiger partial charge in [0.05, 0.1) is 19.8 Å². The van der Waals surface area contributed by atoms with Crippen LogP contribution in [0.4, 0.5) is 0 Å². The SMILES string of the molecule is CCC(CN)C(=O)NC(CO)(CO)CO. The highest BCUT2D eigenvalue weighted by Gasteiger charge is 2.31. The van der Waals surface area contributed by atoms with Crippen molar-refractivity contribution in [1.82, 2.24) is 5.32 Å². The Kier molecular flexibility index (Phi) is 6.42. The van der Waals surface area contributed by atoms with E-state index in [0.717, 1.165) is 0 Å². The molecule has 6 nitrogen and oxygen atoms in total. The van der Waals surface area contributed by atoms with Crippen molar-refractivity contribution in [2.24, 2.45) is 11.7 Å². The smallest absolute Gasteiger partial charge is 0.225 e. The van der Waals surface area contributed by atoms with Gasteiger partial charge in [-0.05, 0) is 6.42 Å². The summed E-state index contributed by atoms with van der Waals surface area (Å²) in [5.74, 6) is -0.730. The largest absolute Gasteiger partial charge is 0.394 e. The van der Waals surface area contributed by atoms with Crippen molar-refractivity contribution in [3.05, 3.63) is 0 Å². The first-order valence-electron chi connectivity index (χ1n) is 4.93. The van der Waals surface area contributed by atoms with Crippen LogP contribution < -0.4 is 11.1 Å². The Balaban J connectivity index is 4.46. The second-order valence-electron chi connectivity index (χ2n) is 3.58. The van der Waals surface area contributed by atoms with E-state index in [9.17, 15) is 4.79 Å². The van der Waals surface area contributed by atoms with Crippen LogP contribution in [0.2, 0.25) is 0 Å². The van der Waals surface area contributed by atoms with E-state index < -0.39 is 25.4 Å². The lowest BCUT2D eigenvalue weighted by Crippen LogP contribution is -2.58. The zero-order valence-corrected chi connectivity index (χ0v) is 8.94. The molecule has 0 saturated heterocycles. The molecule has 6 N–H and O–H groups in total. The molecule has 0 aromatic heterocycles. The lowest BCUT2D eigenvalue weighted by atomic mass is 10.00. The van der Waals surface area contributed by atoms with E-state index in [1.807, 2.05) is 6.92 Å². The molecule has 15 heavy (non-hydrogen) atoms. The third-order valence-electron chi connectivity index (χ3n) is 2.44. The van der Waals surface area contributed by atoms with Crippen molar-refractivity contribution >= 4 is 5.91 Å². The van der Waals surface area contributed by atoms with Gasteiger partial charge < -0.3 is 26.4 Å². The molecule has 0 aliphatic carbocycles. The van der Waals surface area contributed by atoms with Gasteiger partial charge in [-0.2, -0.15) is 0 Å². The Morgan fingerprint density at radius 3 is 2.07 bits per heavy atom. The average molecular weight is 220 g/mol. The number of hydrogen-bond acceptors (Lipinski definition) is 5. The molecule has 0 fully saturated rings. The second kappa shape index (κ2) is 6.73. The Labute approximate surface area is 89.1 Å². The molecule has 0 aliphatic rings. The van der Waals surface area contributed by atoms with E-state index in [0.29, 0.717) is 6.42 Å². The predicted molar refractivity (Wildman–Crippen MR) is 55.0 cm³/mol. The number of rotatable bonds is 7. The number of carbonyl (C=O) groups excluding carboxylic acids is 1. The number of carbonyl (C=O) groups is 1. The molecule has 0 bridgehead atoms. The van der Waals surface area contributed by atoms with Gasteiger partial charge in [-0.1, -0.05) is 6.92 Å². The van der Waals surface area contributed by atoms with E-state index in [-0.39, 0.29) is 18.4 Å². The minimum atomic E-state index is -1.36. The Hall–Kier alpha value is -0.690.